The molecule has 3 aromatic rings. The van der Waals surface area contributed by atoms with Crippen LogP contribution in [0, 0.1) is 6.92 Å². The van der Waals surface area contributed by atoms with Gasteiger partial charge in [-0.3, -0.25) is 4.98 Å². The maximum absolute atomic E-state index is 12.0. The summed E-state index contributed by atoms with van der Waals surface area (Å²) in [6, 6.07) is 12.1. The number of pyridine rings is 1. The molecule has 0 saturated heterocycles. The minimum atomic E-state index is -0.572. The van der Waals surface area contributed by atoms with Gasteiger partial charge in [0.15, 0.2) is 0 Å². The summed E-state index contributed by atoms with van der Waals surface area (Å²) < 4.78 is 10.5. The second-order valence-corrected chi connectivity index (χ2v) is 5.45. The van der Waals surface area contributed by atoms with Crippen molar-refractivity contribution in [2.24, 2.45) is 0 Å². The molecule has 0 radical (unpaired) electrons. The van der Waals surface area contributed by atoms with E-state index in [0.717, 1.165) is 11.3 Å². The highest BCUT2D eigenvalue weighted by atomic mass is 16.6. The van der Waals surface area contributed by atoms with E-state index in [2.05, 4.69) is 20.4 Å². The lowest BCUT2D eigenvalue weighted by molar-refractivity contribution is 0.191. The van der Waals surface area contributed by atoms with Gasteiger partial charge in [0, 0.05) is 17.5 Å². The molecule has 0 aliphatic carbocycles. The zero-order valence-electron chi connectivity index (χ0n) is 14.0. The van der Waals surface area contributed by atoms with Gasteiger partial charge in [-0.25, -0.2) is 4.79 Å². The molecule has 1 atom stereocenters. The van der Waals surface area contributed by atoms with Crippen molar-refractivity contribution >= 4 is 6.09 Å². The van der Waals surface area contributed by atoms with Crippen LogP contribution in [0.5, 0.6) is 5.75 Å². The fourth-order valence-corrected chi connectivity index (χ4v) is 2.28. The van der Waals surface area contributed by atoms with Crippen molar-refractivity contribution < 1.29 is 14.1 Å². The molecule has 0 aliphatic heterocycles. The molecule has 2 aromatic heterocycles. The van der Waals surface area contributed by atoms with Crippen LogP contribution in [-0.2, 0) is 0 Å². The fraction of sp³-hybridized carbons (Fsp3) is 0.222. The Morgan fingerprint density at radius 1 is 1.28 bits per heavy atom. The first-order valence-corrected chi connectivity index (χ1v) is 7.95. The standard InChI is InChI=1S/C18H18N4O3/c1-3-15(20-18(23)24-14-7-5-4-6-8-14)17-21-16(22-25-17)13-9-10-19-12(2)11-13/h4-11,15H,3H2,1-2H3,(H,20,23)/t15-/m0/s1. The Hall–Kier alpha value is -3.22. The van der Waals surface area contributed by atoms with E-state index in [1.165, 1.54) is 0 Å². The van der Waals surface area contributed by atoms with Crippen LogP contribution >= 0.6 is 0 Å². The van der Waals surface area contributed by atoms with Crippen molar-refractivity contribution in [2.45, 2.75) is 26.3 Å². The van der Waals surface area contributed by atoms with E-state index in [0.29, 0.717) is 23.9 Å². The topological polar surface area (TPSA) is 90.1 Å². The lowest BCUT2D eigenvalue weighted by Crippen LogP contribution is -2.31. The van der Waals surface area contributed by atoms with Crippen LogP contribution in [0.2, 0.25) is 0 Å². The highest BCUT2D eigenvalue weighted by molar-refractivity contribution is 5.70. The maximum Gasteiger partial charge on any atom is 0.413 e. The fourth-order valence-electron chi connectivity index (χ4n) is 2.28. The van der Waals surface area contributed by atoms with Crippen LogP contribution in [0.1, 0.15) is 31.0 Å². The van der Waals surface area contributed by atoms with Crippen LogP contribution in [0.3, 0.4) is 0 Å². The number of hydrogen-bond donors (Lipinski definition) is 1. The molecule has 0 spiro atoms. The molecule has 128 valence electrons. The molecule has 3 rings (SSSR count). The Labute approximate surface area is 145 Å². The number of carbonyl (C=O) groups is 1. The van der Waals surface area contributed by atoms with Crippen LogP contribution < -0.4 is 10.1 Å². The molecule has 0 unspecified atom stereocenters. The summed E-state index contributed by atoms with van der Waals surface area (Å²) in [6.07, 6.45) is 1.70. The molecule has 0 fully saturated rings. The van der Waals surface area contributed by atoms with Crippen molar-refractivity contribution in [1.29, 1.82) is 0 Å². The molecule has 7 heteroatoms. The van der Waals surface area contributed by atoms with Crippen LogP contribution in [0.4, 0.5) is 4.79 Å². The summed E-state index contributed by atoms with van der Waals surface area (Å²) in [6.45, 7) is 3.80. The average Bonchev–Trinajstić information content (AvgIpc) is 3.10. The second-order valence-electron chi connectivity index (χ2n) is 5.45. The van der Waals surface area contributed by atoms with E-state index in [1.54, 1.807) is 36.5 Å². The molecule has 1 N–H and O–H groups in total. The summed E-state index contributed by atoms with van der Waals surface area (Å²) in [5, 5.41) is 6.72. The smallest absolute Gasteiger partial charge is 0.410 e. The Balaban J connectivity index is 1.70. The highest BCUT2D eigenvalue weighted by Crippen LogP contribution is 2.21. The number of rotatable bonds is 5. The summed E-state index contributed by atoms with van der Waals surface area (Å²) in [5.74, 6) is 1.25. The number of ether oxygens (including phenoxy) is 1. The lowest BCUT2D eigenvalue weighted by atomic mass is 10.2. The van der Waals surface area contributed by atoms with Gasteiger partial charge in [0.05, 0.1) is 0 Å². The number of nitrogens with zero attached hydrogens (tertiary/aromatic N) is 3. The first kappa shape index (κ1) is 16.6. The third kappa shape index (κ3) is 4.20. The molecule has 1 amide bonds. The first-order valence-electron chi connectivity index (χ1n) is 7.95. The van der Waals surface area contributed by atoms with Gasteiger partial charge in [0.2, 0.25) is 11.7 Å². The number of carbonyl (C=O) groups excluding carboxylic acids is 1. The van der Waals surface area contributed by atoms with Crippen molar-refractivity contribution in [1.82, 2.24) is 20.4 Å². The zero-order chi connectivity index (χ0) is 17.6. The SMILES string of the molecule is CC[C@H](NC(=O)Oc1ccccc1)c1nc(-c2ccnc(C)c2)no1. The Morgan fingerprint density at radius 2 is 2.08 bits per heavy atom. The molecule has 25 heavy (non-hydrogen) atoms. The first-order chi connectivity index (χ1) is 12.2. The van der Waals surface area contributed by atoms with Gasteiger partial charge in [0.1, 0.15) is 11.8 Å². The number of aryl methyl sites for hydroxylation is 1. The van der Waals surface area contributed by atoms with E-state index in [1.807, 2.05) is 26.0 Å². The van der Waals surface area contributed by atoms with E-state index in [9.17, 15) is 4.79 Å². The normalized spacial score (nSPS) is 11.8. The van der Waals surface area contributed by atoms with Crippen LogP contribution in [0.25, 0.3) is 11.4 Å². The number of benzene rings is 1. The number of amides is 1. The van der Waals surface area contributed by atoms with E-state index < -0.39 is 12.1 Å². The summed E-state index contributed by atoms with van der Waals surface area (Å²) in [4.78, 5) is 20.6. The van der Waals surface area contributed by atoms with Crippen LogP contribution in [-0.4, -0.2) is 21.2 Å². The largest absolute Gasteiger partial charge is 0.413 e. The van der Waals surface area contributed by atoms with Gasteiger partial charge in [-0.2, -0.15) is 4.98 Å². The number of aromatic nitrogens is 3. The Bertz CT molecular complexity index is 848. The number of hydrogen-bond acceptors (Lipinski definition) is 6. The summed E-state index contributed by atoms with van der Waals surface area (Å²) >= 11 is 0. The van der Waals surface area contributed by atoms with Crippen molar-refractivity contribution in [3.05, 3.63) is 60.2 Å². The predicted octanol–water partition coefficient (Wildman–Crippen LogP) is 3.68. The van der Waals surface area contributed by atoms with Crippen LogP contribution in [0.15, 0.2) is 53.2 Å². The maximum atomic E-state index is 12.0. The van der Waals surface area contributed by atoms with Crippen molar-refractivity contribution in [3.8, 4) is 17.1 Å². The van der Waals surface area contributed by atoms with Gasteiger partial charge in [-0.05, 0) is 37.6 Å². The lowest BCUT2D eigenvalue weighted by Gasteiger charge is -2.12. The summed E-state index contributed by atoms with van der Waals surface area (Å²) in [7, 11) is 0. The van der Waals surface area contributed by atoms with E-state index in [4.69, 9.17) is 9.26 Å². The molecular weight excluding hydrogens is 320 g/mol. The van der Waals surface area contributed by atoms with Gasteiger partial charge in [0.25, 0.3) is 0 Å². The molecule has 0 bridgehead atoms. The van der Waals surface area contributed by atoms with Gasteiger partial charge >= 0.3 is 6.09 Å². The number of nitrogens with one attached hydrogen (secondary N) is 1. The predicted molar refractivity (Wildman–Crippen MR) is 90.9 cm³/mol. The Kier molecular flexibility index (Phi) is 5.03. The van der Waals surface area contributed by atoms with E-state index in [-0.39, 0.29) is 0 Å². The molecular formula is C18H18N4O3. The van der Waals surface area contributed by atoms with Crippen molar-refractivity contribution in [3.63, 3.8) is 0 Å². The molecule has 2 heterocycles. The molecule has 1 aromatic carbocycles. The molecule has 0 saturated carbocycles. The average molecular weight is 338 g/mol. The van der Waals surface area contributed by atoms with Crippen molar-refractivity contribution in [2.75, 3.05) is 0 Å². The Morgan fingerprint density at radius 3 is 2.80 bits per heavy atom. The monoisotopic (exact) mass is 338 g/mol. The summed E-state index contributed by atoms with van der Waals surface area (Å²) in [5.41, 5.74) is 1.67. The third-order valence-electron chi connectivity index (χ3n) is 3.55. The molecule has 0 aliphatic rings. The van der Waals surface area contributed by atoms with Gasteiger partial charge in [-0.15, -0.1) is 0 Å². The minimum absolute atomic E-state index is 0.331. The second kappa shape index (κ2) is 7.57. The number of para-hydroxylation sites is 1. The highest BCUT2D eigenvalue weighted by Gasteiger charge is 2.21. The quantitative estimate of drug-likeness (QED) is 0.763. The third-order valence-corrected chi connectivity index (χ3v) is 3.55. The van der Waals surface area contributed by atoms with Gasteiger partial charge < -0.3 is 14.6 Å². The van der Waals surface area contributed by atoms with Gasteiger partial charge in [-0.1, -0.05) is 30.3 Å². The zero-order valence-corrected chi connectivity index (χ0v) is 14.0. The molecule has 7 nitrogen and oxygen atoms in total. The van der Waals surface area contributed by atoms with E-state index >= 15 is 0 Å². The minimum Gasteiger partial charge on any atom is -0.410 e.